The van der Waals surface area contributed by atoms with Crippen molar-refractivity contribution in [1.29, 1.82) is 0 Å². The summed E-state index contributed by atoms with van der Waals surface area (Å²) in [4.78, 5) is 11.9. The number of carbonyl (C=O) groups excluding carboxylic acids is 1. The summed E-state index contributed by atoms with van der Waals surface area (Å²) in [6, 6.07) is 13.0. The van der Waals surface area contributed by atoms with E-state index in [9.17, 15) is 9.90 Å². The van der Waals surface area contributed by atoms with Crippen molar-refractivity contribution in [1.82, 2.24) is 5.32 Å². The van der Waals surface area contributed by atoms with Crippen molar-refractivity contribution in [3.05, 3.63) is 64.7 Å². The normalized spacial score (nSPS) is 11.8. The van der Waals surface area contributed by atoms with Gasteiger partial charge in [-0.3, -0.25) is 0 Å². The van der Waals surface area contributed by atoms with Crippen LogP contribution >= 0.6 is 0 Å². The molecule has 0 bridgehead atoms. The lowest BCUT2D eigenvalue weighted by Crippen LogP contribution is -2.32. The summed E-state index contributed by atoms with van der Waals surface area (Å²) in [5, 5.41) is 15.5. The predicted octanol–water partition coefficient (Wildman–Crippen LogP) is 3.47. The molecule has 2 rings (SSSR count). The Hall–Kier alpha value is -2.33. The van der Waals surface area contributed by atoms with Crippen molar-refractivity contribution in [2.75, 3.05) is 11.9 Å². The third-order valence-electron chi connectivity index (χ3n) is 3.68. The average molecular weight is 298 g/mol. The SMILES string of the molecule is Cc1ccc(C(O)CNC(=O)Nc2ccc(C)c(C)c2)cc1. The number of hydrogen-bond acceptors (Lipinski definition) is 2. The Labute approximate surface area is 131 Å². The molecule has 2 aromatic carbocycles. The van der Waals surface area contributed by atoms with E-state index in [4.69, 9.17) is 0 Å². The Morgan fingerprint density at radius 3 is 2.36 bits per heavy atom. The maximum Gasteiger partial charge on any atom is 0.319 e. The first-order chi connectivity index (χ1) is 10.5. The van der Waals surface area contributed by atoms with Crippen LogP contribution in [0, 0.1) is 20.8 Å². The van der Waals surface area contributed by atoms with Gasteiger partial charge in [-0.05, 0) is 49.6 Å². The largest absolute Gasteiger partial charge is 0.387 e. The molecule has 116 valence electrons. The Bertz CT molecular complexity index is 651. The molecule has 1 unspecified atom stereocenters. The zero-order valence-corrected chi connectivity index (χ0v) is 13.2. The van der Waals surface area contributed by atoms with Gasteiger partial charge in [0.15, 0.2) is 0 Å². The minimum absolute atomic E-state index is 0.166. The van der Waals surface area contributed by atoms with Crippen LogP contribution in [0.5, 0.6) is 0 Å². The molecular formula is C18H22N2O2. The second kappa shape index (κ2) is 7.09. The summed E-state index contributed by atoms with van der Waals surface area (Å²) < 4.78 is 0. The first-order valence-corrected chi connectivity index (χ1v) is 7.32. The number of nitrogens with one attached hydrogen (secondary N) is 2. The van der Waals surface area contributed by atoms with Gasteiger partial charge in [-0.15, -0.1) is 0 Å². The third kappa shape index (κ3) is 4.33. The van der Waals surface area contributed by atoms with Gasteiger partial charge < -0.3 is 15.7 Å². The fourth-order valence-electron chi connectivity index (χ4n) is 2.09. The molecule has 0 saturated heterocycles. The van der Waals surface area contributed by atoms with E-state index in [0.29, 0.717) is 0 Å². The van der Waals surface area contributed by atoms with Crippen LogP contribution in [0.1, 0.15) is 28.4 Å². The Kier molecular flexibility index (Phi) is 5.17. The molecule has 4 nitrogen and oxygen atoms in total. The van der Waals surface area contributed by atoms with E-state index in [-0.39, 0.29) is 12.6 Å². The first kappa shape index (κ1) is 16.0. The molecule has 0 aliphatic rings. The summed E-state index contributed by atoms with van der Waals surface area (Å²) in [5.74, 6) is 0. The third-order valence-corrected chi connectivity index (χ3v) is 3.68. The lowest BCUT2D eigenvalue weighted by atomic mass is 10.1. The van der Waals surface area contributed by atoms with Gasteiger partial charge >= 0.3 is 6.03 Å². The van der Waals surface area contributed by atoms with Gasteiger partial charge in [-0.25, -0.2) is 4.79 Å². The van der Waals surface area contributed by atoms with Crippen molar-refractivity contribution in [2.45, 2.75) is 26.9 Å². The van der Waals surface area contributed by atoms with Crippen LogP contribution in [-0.4, -0.2) is 17.7 Å². The Morgan fingerprint density at radius 1 is 1.05 bits per heavy atom. The number of aryl methyl sites for hydroxylation is 3. The molecule has 2 aromatic rings. The van der Waals surface area contributed by atoms with Gasteiger partial charge in [-0.2, -0.15) is 0 Å². The topological polar surface area (TPSA) is 61.4 Å². The molecule has 4 heteroatoms. The van der Waals surface area contributed by atoms with Gasteiger partial charge in [0.05, 0.1) is 6.10 Å². The minimum atomic E-state index is -0.717. The molecule has 2 amide bonds. The van der Waals surface area contributed by atoms with Crippen molar-refractivity contribution < 1.29 is 9.90 Å². The highest BCUT2D eigenvalue weighted by atomic mass is 16.3. The first-order valence-electron chi connectivity index (χ1n) is 7.32. The van der Waals surface area contributed by atoms with Gasteiger partial charge in [-0.1, -0.05) is 35.9 Å². The van der Waals surface area contributed by atoms with E-state index in [1.54, 1.807) is 0 Å². The van der Waals surface area contributed by atoms with Gasteiger partial charge in [0.1, 0.15) is 0 Å². The quantitative estimate of drug-likeness (QED) is 0.809. The number of amides is 2. The highest BCUT2D eigenvalue weighted by Crippen LogP contribution is 2.15. The predicted molar refractivity (Wildman–Crippen MR) is 89.1 cm³/mol. The molecule has 0 saturated carbocycles. The molecule has 0 aliphatic heterocycles. The van der Waals surface area contributed by atoms with Gasteiger partial charge in [0.2, 0.25) is 0 Å². The van der Waals surface area contributed by atoms with Gasteiger partial charge in [0, 0.05) is 12.2 Å². The number of benzene rings is 2. The van der Waals surface area contributed by atoms with Crippen LogP contribution in [0.25, 0.3) is 0 Å². The van der Waals surface area contributed by atoms with E-state index in [0.717, 1.165) is 22.4 Å². The number of aliphatic hydroxyl groups excluding tert-OH is 1. The summed E-state index contributed by atoms with van der Waals surface area (Å²) in [7, 11) is 0. The van der Waals surface area contributed by atoms with Crippen LogP contribution in [0.15, 0.2) is 42.5 Å². The zero-order chi connectivity index (χ0) is 16.1. The second-order valence-electron chi connectivity index (χ2n) is 5.56. The lowest BCUT2D eigenvalue weighted by molar-refractivity contribution is 0.175. The van der Waals surface area contributed by atoms with Crippen LogP contribution in [0.2, 0.25) is 0 Å². The Balaban J connectivity index is 1.86. The fourth-order valence-corrected chi connectivity index (χ4v) is 2.09. The number of aliphatic hydroxyl groups is 1. The second-order valence-corrected chi connectivity index (χ2v) is 5.56. The molecule has 3 N–H and O–H groups in total. The van der Waals surface area contributed by atoms with Crippen LogP contribution < -0.4 is 10.6 Å². The van der Waals surface area contributed by atoms with Crippen LogP contribution in [0.3, 0.4) is 0 Å². The summed E-state index contributed by atoms with van der Waals surface area (Å²) in [6.07, 6.45) is -0.717. The number of anilines is 1. The molecule has 22 heavy (non-hydrogen) atoms. The highest BCUT2D eigenvalue weighted by molar-refractivity contribution is 5.89. The molecule has 0 spiro atoms. The smallest absolute Gasteiger partial charge is 0.319 e. The molecule has 0 heterocycles. The van der Waals surface area contributed by atoms with Crippen molar-refractivity contribution in [3.8, 4) is 0 Å². The summed E-state index contributed by atoms with van der Waals surface area (Å²) in [6.45, 7) is 6.18. The fraction of sp³-hybridized carbons (Fsp3) is 0.278. The average Bonchev–Trinajstić information content (AvgIpc) is 2.49. The van der Waals surface area contributed by atoms with E-state index in [1.165, 1.54) is 5.56 Å². The summed E-state index contributed by atoms with van der Waals surface area (Å²) >= 11 is 0. The number of rotatable bonds is 4. The molecule has 1 atom stereocenters. The molecule has 0 aliphatic carbocycles. The maximum atomic E-state index is 11.9. The van der Waals surface area contributed by atoms with E-state index < -0.39 is 6.10 Å². The van der Waals surface area contributed by atoms with E-state index in [1.807, 2.05) is 63.2 Å². The maximum absolute atomic E-state index is 11.9. The standard InChI is InChI=1S/C18H22N2O2/c1-12-4-7-15(8-5-12)17(21)11-19-18(22)20-16-9-6-13(2)14(3)10-16/h4-10,17,21H,11H2,1-3H3,(H2,19,20,22). The van der Waals surface area contributed by atoms with Gasteiger partial charge in [0.25, 0.3) is 0 Å². The molecular weight excluding hydrogens is 276 g/mol. The van der Waals surface area contributed by atoms with Crippen LogP contribution in [-0.2, 0) is 0 Å². The monoisotopic (exact) mass is 298 g/mol. The number of carbonyl (C=O) groups is 1. The zero-order valence-electron chi connectivity index (χ0n) is 13.2. The lowest BCUT2D eigenvalue weighted by Gasteiger charge is -2.13. The highest BCUT2D eigenvalue weighted by Gasteiger charge is 2.09. The summed E-state index contributed by atoms with van der Waals surface area (Å²) in [5.41, 5.74) is 4.97. The number of urea groups is 1. The van der Waals surface area contributed by atoms with Crippen molar-refractivity contribution in [2.24, 2.45) is 0 Å². The van der Waals surface area contributed by atoms with Crippen molar-refractivity contribution in [3.63, 3.8) is 0 Å². The number of hydrogen-bond donors (Lipinski definition) is 3. The Morgan fingerprint density at radius 2 is 1.73 bits per heavy atom. The van der Waals surface area contributed by atoms with E-state index >= 15 is 0 Å². The molecule has 0 radical (unpaired) electrons. The van der Waals surface area contributed by atoms with Crippen molar-refractivity contribution >= 4 is 11.7 Å². The van der Waals surface area contributed by atoms with E-state index in [2.05, 4.69) is 10.6 Å². The van der Waals surface area contributed by atoms with Crippen LogP contribution in [0.4, 0.5) is 10.5 Å². The minimum Gasteiger partial charge on any atom is -0.387 e. The molecule has 0 aromatic heterocycles. The molecule has 0 fully saturated rings.